The molecule has 0 radical (unpaired) electrons. The zero-order chi connectivity index (χ0) is 15.0. The lowest BCUT2D eigenvalue weighted by atomic mass is 10.1. The number of para-hydroxylation sites is 2. The lowest BCUT2D eigenvalue weighted by molar-refractivity contribution is -0.115. The van der Waals surface area contributed by atoms with Gasteiger partial charge in [0, 0.05) is 15.6 Å². The number of hydrogen-bond acceptors (Lipinski definition) is 2. The quantitative estimate of drug-likeness (QED) is 0.872. The van der Waals surface area contributed by atoms with Crippen LogP contribution < -0.4 is 10.2 Å². The fourth-order valence-electron chi connectivity index (χ4n) is 2.25. The Morgan fingerprint density at radius 2 is 1.76 bits per heavy atom. The van der Waals surface area contributed by atoms with E-state index in [2.05, 4.69) is 5.32 Å². The van der Waals surface area contributed by atoms with Gasteiger partial charge in [0.05, 0.1) is 11.4 Å². The minimum absolute atomic E-state index is 0.0417. The van der Waals surface area contributed by atoms with Gasteiger partial charge in [0.25, 0.3) is 5.91 Å². The molecule has 3 rings (SSSR count). The summed E-state index contributed by atoms with van der Waals surface area (Å²) in [6.45, 7) is -0.0417. The SMILES string of the molecule is O=C1CN(C(=O)c2cc(Cl)cc(Cl)c2)c2ccccc2N1. The van der Waals surface area contributed by atoms with Crippen LogP contribution in [0.2, 0.25) is 10.0 Å². The van der Waals surface area contributed by atoms with Crippen LogP contribution in [0.3, 0.4) is 0 Å². The first-order chi connectivity index (χ1) is 10.0. The standard InChI is InChI=1S/C15H10Cl2N2O2/c16-10-5-9(6-11(17)7-10)15(21)19-8-14(20)18-12-3-1-2-4-13(12)19/h1-7H,8H2,(H,18,20). The summed E-state index contributed by atoms with van der Waals surface area (Å²) in [5.41, 5.74) is 1.60. The Morgan fingerprint density at radius 3 is 2.48 bits per heavy atom. The number of nitrogens with one attached hydrogen (secondary N) is 1. The normalized spacial score (nSPS) is 13.6. The van der Waals surface area contributed by atoms with Gasteiger partial charge in [0.15, 0.2) is 0 Å². The average Bonchev–Trinajstić information content (AvgIpc) is 2.44. The van der Waals surface area contributed by atoms with E-state index in [0.717, 1.165) is 0 Å². The number of benzene rings is 2. The van der Waals surface area contributed by atoms with Crippen molar-refractivity contribution in [1.82, 2.24) is 0 Å². The van der Waals surface area contributed by atoms with E-state index in [1.807, 2.05) is 6.07 Å². The Morgan fingerprint density at radius 1 is 1.10 bits per heavy atom. The molecule has 1 N–H and O–H groups in total. The molecule has 2 aromatic rings. The molecule has 0 fully saturated rings. The van der Waals surface area contributed by atoms with Gasteiger partial charge < -0.3 is 5.32 Å². The van der Waals surface area contributed by atoms with Gasteiger partial charge in [-0.15, -0.1) is 0 Å². The number of anilines is 2. The van der Waals surface area contributed by atoms with Crippen LogP contribution in [-0.4, -0.2) is 18.4 Å². The van der Waals surface area contributed by atoms with E-state index >= 15 is 0 Å². The largest absolute Gasteiger partial charge is 0.323 e. The van der Waals surface area contributed by atoms with Gasteiger partial charge in [-0.2, -0.15) is 0 Å². The molecular formula is C15H10Cl2N2O2. The molecule has 0 unspecified atom stereocenters. The molecule has 0 saturated carbocycles. The molecule has 2 amide bonds. The fraction of sp³-hybridized carbons (Fsp3) is 0.0667. The van der Waals surface area contributed by atoms with Crippen LogP contribution >= 0.6 is 23.2 Å². The Kier molecular flexibility index (Phi) is 3.57. The van der Waals surface area contributed by atoms with E-state index in [9.17, 15) is 9.59 Å². The minimum Gasteiger partial charge on any atom is -0.323 e. The number of carbonyl (C=O) groups excluding carboxylic acids is 2. The molecule has 6 heteroatoms. The van der Waals surface area contributed by atoms with Gasteiger partial charge in [-0.05, 0) is 30.3 Å². The van der Waals surface area contributed by atoms with Crippen molar-refractivity contribution in [3.05, 3.63) is 58.1 Å². The van der Waals surface area contributed by atoms with Crippen molar-refractivity contribution in [3.63, 3.8) is 0 Å². The van der Waals surface area contributed by atoms with Crippen LogP contribution in [0.15, 0.2) is 42.5 Å². The van der Waals surface area contributed by atoms with E-state index in [-0.39, 0.29) is 18.4 Å². The summed E-state index contributed by atoms with van der Waals surface area (Å²) in [7, 11) is 0. The number of carbonyl (C=O) groups is 2. The average molecular weight is 321 g/mol. The summed E-state index contributed by atoms with van der Waals surface area (Å²) < 4.78 is 0. The van der Waals surface area contributed by atoms with Crippen molar-refractivity contribution >= 4 is 46.4 Å². The molecule has 2 aromatic carbocycles. The van der Waals surface area contributed by atoms with Crippen LogP contribution in [0.25, 0.3) is 0 Å². The van der Waals surface area contributed by atoms with Gasteiger partial charge in [0.2, 0.25) is 5.91 Å². The molecule has 1 aliphatic heterocycles. The van der Waals surface area contributed by atoms with E-state index in [1.165, 1.54) is 17.0 Å². The van der Waals surface area contributed by atoms with E-state index in [0.29, 0.717) is 27.0 Å². The maximum atomic E-state index is 12.6. The third-order valence-electron chi connectivity index (χ3n) is 3.13. The highest BCUT2D eigenvalue weighted by atomic mass is 35.5. The molecule has 0 aliphatic carbocycles. The van der Waals surface area contributed by atoms with Crippen molar-refractivity contribution in [2.45, 2.75) is 0 Å². The van der Waals surface area contributed by atoms with Crippen LogP contribution in [0.1, 0.15) is 10.4 Å². The van der Waals surface area contributed by atoms with Crippen molar-refractivity contribution in [3.8, 4) is 0 Å². The molecule has 21 heavy (non-hydrogen) atoms. The van der Waals surface area contributed by atoms with Crippen LogP contribution in [-0.2, 0) is 4.79 Å². The van der Waals surface area contributed by atoms with Crippen LogP contribution in [0.4, 0.5) is 11.4 Å². The zero-order valence-corrected chi connectivity index (χ0v) is 12.3. The van der Waals surface area contributed by atoms with Crippen molar-refractivity contribution in [2.24, 2.45) is 0 Å². The van der Waals surface area contributed by atoms with Gasteiger partial charge in [-0.3, -0.25) is 14.5 Å². The highest BCUT2D eigenvalue weighted by Crippen LogP contribution is 2.30. The summed E-state index contributed by atoms with van der Waals surface area (Å²) >= 11 is 11.9. The highest BCUT2D eigenvalue weighted by molar-refractivity contribution is 6.35. The number of fused-ring (bicyclic) bond motifs is 1. The lowest BCUT2D eigenvalue weighted by Gasteiger charge is -2.29. The molecule has 1 aliphatic rings. The molecule has 0 spiro atoms. The highest BCUT2D eigenvalue weighted by Gasteiger charge is 2.27. The predicted octanol–water partition coefficient (Wildman–Crippen LogP) is 3.59. The maximum Gasteiger partial charge on any atom is 0.258 e. The van der Waals surface area contributed by atoms with Crippen molar-refractivity contribution < 1.29 is 9.59 Å². The molecule has 0 saturated heterocycles. The van der Waals surface area contributed by atoms with E-state index in [4.69, 9.17) is 23.2 Å². The van der Waals surface area contributed by atoms with Gasteiger partial charge in [-0.1, -0.05) is 35.3 Å². The second-order valence-corrected chi connectivity index (χ2v) is 5.49. The Bertz CT molecular complexity index is 726. The number of amides is 2. The monoisotopic (exact) mass is 320 g/mol. The molecule has 0 aromatic heterocycles. The Balaban J connectivity index is 2.03. The van der Waals surface area contributed by atoms with E-state index < -0.39 is 0 Å². The molecule has 4 nitrogen and oxygen atoms in total. The van der Waals surface area contributed by atoms with Crippen LogP contribution in [0.5, 0.6) is 0 Å². The second kappa shape index (κ2) is 5.39. The predicted molar refractivity (Wildman–Crippen MR) is 83.2 cm³/mol. The molecule has 106 valence electrons. The summed E-state index contributed by atoms with van der Waals surface area (Å²) in [5.74, 6) is -0.558. The molecule has 0 bridgehead atoms. The van der Waals surface area contributed by atoms with Crippen LogP contribution in [0, 0.1) is 0 Å². The van der Waals surface area contributed by atoms with Gasteiger partial charge in [0.1, 0.15) is 6.54 Å². The first-order valence-electron chi connectivity index (χ1n) is 6.21. The molecule has 1 heterocycles. The first-order valence-corrected chi connectivity index (χ1v) is 6.97. The smallest absolute Gasteiger partial charge is 0.258 e. The number of halogens is 2. The van der Waals surface area contributed by atoms with Crippen molar-refractivity contribution in [2.75, 3.05) is 16.8 Å². The second-order valence-electron chi connectivity index (χ2n) is 4.61. The maximum absolute atomic E-state index is 12.6. The summed E-state index contributed by atoms with van der Waals surface area (Å²) in [5, 5.41) is 3.49. The lowest BCUT2D eigenvalue weighted by Crippen LogP contribution is -2.42. The molecular weight excluding hydrogens is 311 g/mol. The number of hydrogen-bond donors (Lipinski definition) is 1. The Hall–Kier alpha value is -2.04. The topological polar surface area (TPSA) is 49.4 Å². The summed E-state index contributed by atoms with van der Waals surface area (Å²) in [4.78, 5) is 25.8. The number of nitrogens with zero attached hydrogens (tertiary/aromatic N) is 1. The molecule has 0 atom stereocenters. The Labute approximate surface area is 131 Å². The number of rotatable bonds is 1. The van der Waals surface area contributed by atoms with E-state index in [1.54, 1.807) is 24.3 Å². The fourth-order valence-corrected chi connectivity index (χ4v) is 2.77. The van der Waals surface area contributed by atoms with Gasteiger partial charge in [-0.25, -0.2) is 0 Å². The summed E-state index contributed by atoms with van der Waals surface area (Å²) in [6, 6.07) is 11.7. The van der Waals surface area contributed by atoms with Crippen molar-refractivity contribution in [1.29, 1.82) is 0 Å². The zero-order valence-electron chi connectivity index (χ0n) is 10.8. The minimum atomic E-state index is -0.318. The first kappa shape index (κ1) is 13.9. The third-order valence-corrected chi connectivity index (χ3v) is 3.56. The summed E-state index contributed by atoms with van der Waals surface area (Å²) in [6.07, 6.45) is 0. The third kappa shape index (κ3) is 2.73. The van der Waals surface area contributed by atoms with Gasteiger partial charge >= 0.3 is 0 Å².